The van der Waals surface area contributed by atoms with E-state index < -0.39 is 0 Å². The molecule has 7 heteroatoms. The highest BCUT2D eigenvalue weighted by Gasteiger charge is 2.08. The summed E-state index contributed by atoms with van der Waals surface area (Å²) in [5.41, 5.74) is 0.480. The van der Waals surface area contributed by atoms with Crippen molar-refractivity contribution in [3.63, 3.8) is 0 Å². The molecule has 0 aliphatic carbocycles. The van der Waals surface area contributed by atoms with Crippen molar-refractivity contribution in [1.82, 2.24) is 20.2 Å². The van der Waals surface area contributed by atoms with Crippen LogP contribution in [-0.4, -0.2) is 32.6 Å². The highest BCUT2D eigenvalue weighted by molar-refractivity contribution is 6.03. The first-order valence-corrected chi connectivity index (χ1v) is 5.44. The Hall–Kier alpha value is -2.57. The van der Waals surface area contributed by atoms with Gasteiger partial charge in [-0.25, -0.2) is 9.97 Å². The topological polar surface area (TPSA) is 92.7 Å². The zero-order valence-corrected chi connectivity index (χ0v) is 9.79. The lowest BCUT2D eigenvalue weighted by atomic mass is 10.2. The quantitative estimate of drug-likeness (QED) is 0.831. The van der Waals surface area contributed by atoms with Crippen molar-refractivity contribution in [2.45, 2.75) is 6.92 Å². The molecule has 0 spiro atoms. The molecule has 2 rings (SSSR count). The number of hydrogen-bond acceptors (Lipinski definition) is 6. The van der Waals surface area contributed by atoms with Gasteiger partial charge >= 0.3 is 0 Å². The number of hydrogen-bond donors (Lipinski definition) is 2. The van der Waals surface area contributed by atoms with Crippen molar-refractivity contribution >= 4 is 17.7 Å². The number of pyridine rings is 1. The van der Waals surface area contributed by atoms with E-state index in [1.54, 1.807) is 18.3 Å². The minimum atomic E-state index is -0.301. The summed E-state index contributed by atoms with van der Waals surface area (Å²) in [7, 11) is 0. The van der Waals surface area contributed by atoms with Crippen LogP contribution in [0.15, 0.2) is 30.7 Å². The Bertz CT molecular complexity index is 530. The van der Waals surface area contributed by atoms with E-state index in [0.717, 1.165) is 6.54 Å². The van der Waals surface area contributed by atoms with Crippen LogP contribution in [0.25, 0.3) is 0 Å². The Labute approximate surface area is 104 Å². The van der Waals surface area contributed by atoms with Crippen molar-refractivity contribution in [3.05, 3.63) is 36.3 Å². The molecular weight excluding hydrogens is 232 g/mol. The summed E-state index contributed by atoms with van der Waals surface area (Å²) in [6.45, 7) is 2.70. The van der Waals surface area contributed by atoms with Crippen LogP contribution in [-0.2, 0) is 0 Å². The van der Waals surface area contributed by atoms with E-state index in [1.165, 1.54) is 12.4 Å². The molecule has 18 heavy (non-hydrogen) atoms. The molecule has 0 radical (unpaired) electrons. The second-order valence-electron chi connectivity index (χ2n) is 3.38. The first-order chi connectivity index (χ1) is 8.79. The molecule has 0 unspecified atom stereocenters. The zero-order chi connectivity index (χ0) is 12.8. The Morgan fingerprint density at radius 3 is 2.89 bits per heavy atom. The normalized spacial score (nSPS) is 9.83. The summed E-state index contributed by atoms with van der Waals surface area (Å²) in [6.07, 6.45) is 4.46. The van der Waals surface area contributed by atoms with Gasteiger partial charge in [-0.1, -0.05) is 0 Å². The van der Waals surface area contributed by atoms with Crippen LogP contribution in [0.3, 0.4) is 0 Å². The van der Waals surface area contributed by atoms with E-state index in [9.17, 15) is 4.79 Å². The number of anilines is 2. The van der Waals surface area contributed by atoms with Gasteiger partial charge in [0.05, 0.1) is 12.4 Å². The molecule has 7 nitrogen and oxygen atoms in total. The van der Waals surface area contributed by atoms with E-state index in [1.807, 2.05) is 6.92 Å². The zero-order valence-electron chi connectivity index (χ0n) is 9.79. The smallest absolute Gasteiger partial charge is 0.258 e. The van der Waals surface area contributed by atoms with Crippen molar-refractivity contribution in [2.24, 2.45) is 0 Å². The number of rotatable bonds is 4. The van der Waals surface area contributed by atoms with E-state index in [4.69, 9.17) is 0 Å². The van der Waals surface area contributed by atoms with Crippen LogP contribution >= 0.6 is 0 Å². The maximum absolute atomic E-state index is 11.9. The minimum Gasteiger partial charge on any atom is -0.370 e. The Kier molecular flexibility index (Phi) is 3.75. The van der Waals surface area contributed by atoms with Gasteiger partial charge in [0, 0.05) is 18.3 Å². The molecule has 0 saturated heterocycles. The summed E-state index contributed by atoms with van der Waals surface area (Å²) in [4.78, 5) is 19.8. The molecule has 2 aromatic rings. The lowest BCUT2D eigenvalue weighted by molar-refractivity contribution is 0.102. The number of nitrogens with one attached hydrogen (secondary N) is 2. The van der Waals surface area contributed by atoms with E-state index >= 15 is 0 Å². The molecule has 2 N–H and O–H groups in total. The van der Waals surface area contributed by atoms with Crippen LogP contribution < -0.4 is 10.6 Å². The first kappa shape index (κ1) is 11.9. The molecule has 0 aliphatic heterocycles. The number of carbonyl (C=O) groups is 1. The third-order valence-electron chi connectivity index (χ3n) is 2.09. The fourth-order valence-electron chi connectivity index (χ4n) is 1.33. The standard InChI is InChI=1S/C11H12N6O/c1-2-12-9-7-8(3-4-13-9)10(18)16-11-14-5-6-15-17-11/h3-7H,2H2,1H3,(H,12,13)(H,14,16,17,18). The largest absolute Gasteiger partial charge is 0.370 e. The molecule has 0 saturated carbocycles. The van der Waals surface area contributed by atoms with Gasteiger partial charge in [-0.15, -0.1) is 5.10 Å². The molecule has 0 aromatic carbocycles. The van der Waals surface area contributed by atoms with Crippen molar-refractivity contribution in [2.75, 3.05) is 17.2 Å². The van der Waals surface area contributed by atoms with Crippen LogP contribution in [0, 0.1) is 0 Å². The predicted molar refractivity (Wildman–Crippen MR) is 66.2 cm³/mol. The van der Waals surface area contributed by atoms with E-state index in [-0.39, 0.29) is 11.9 Å². The number of aromatic nitrogens is 4. The summed E-state index contributed by atoms with van der Waals surface area (Å²) < 4.78 is 0. The van der Waals surface area contributed by atoms with Crippen LogP contribution in [0.2, 0.25) is 0 Å². The second-order valence-corrected chi connectivity index (χ2v) is 3.38. The Morgan fingerprint density at radius 1 is 1.28 bits per heavy atom. The van der Waals surface area contributed by atoms with Crippen molar-refractivity contribution in [1.29, 1.82) is 0 Å². The molecule has 0 bridgehead atoms. The first-order valence-electron chi connectivity index (χ1n) is 5.44. The van der Waals surface area contributed by atoms with Gasteiger partial charge in [-0.2, -0.15) is 5.10 Å². The molecule has 2 aromatic heterocycles. The summed E-state index contributed by atoms with van der Waals surface area (Å²) >= 11 is 0. The Balaban J connectivity index is 2.11. The molecule has 92 valence electrons. The van der Waals surface area contributed by atoms with Crippen molar-refractivity contribution < 1.29 is 4.79 Å². The summed E-state index contributed by atoms with van der Waals surface area (Å²) in [5.74, 6) is 0.520. The fourth-order valence-corrected chi connectivity index (χ4v) is 1.33. The average Bonchev–Trinajstić information content (AvgIpc) is 2.40. The third-order valence-corrected chi connectivity index (χ3v) is 2.09. The van der Waals surface area contributed by atoms with Gasteiger partial charge in [-0.3, -0.25) is 10.1 Å². The second kappa shape index (κ2) is 5.67. The predicted octanol–water partition coefficient (Wildman–Crippen LogP) is 0.951. The third kappa shape index (κ3) is 2.97. The number of carbonyl (C=O) groups excluding carboxylic acids is 1. The van der Waals surface area contributed by atoms with Crippen LogP contribution in [0.4, 0.5) is 11.8 Å². The molecule has 1 amide bonds. The van der Waals surface area contributed by atoms with Crippen LogP contribution in [0.5, 0.6) is 0 Å². The van der Waals surface area contributed by atoms with E-state index in [0.29, 0.717) is 11.4 Å². The molecule has 0 fully saturated rings. The fraction of sp³-hybridized carbons (Fsp3) is 0.182. The van der Waals surface area contributed by atoms with E-state index in [2.05, 4.69) is 30.8 Å². The molecule has 0 atom stereocenters. The summed E-state index contributed by atoms with van der Waals surface area (Å²) in [5, 5.41) is 12.9. The maximum Gasteiger partial charge on any atom is 0.258 e. The SMILES string of the molecule is CCNc1cc(C(=O)Nc2nccnn2)ccn1. The van der Waals surface area contributed by atoms with Gasteiger partial charge in [-0.05, 0) is 19.1 Å². The lowest BCUT2D eigenvalue weighted by Crippen LogP contribution is -2.15. The summed E-state index contributed by atoms with van der Waals surface area (Å²) in [6, 6.07) is 3.28. The average molecular weight is 244 g/mol. The Morgan fingerprint density at radius 2 is 2.17 bits per heavy atom. The van der Waals surface area contributed by atoms with Gasteiger partial charge < -0.3 is 5.32 Å². The number of amides is 1. The van der Waals surface area contributed by atoms with Gasteiger partial charge in [0.2, 0.25) is 5.95 Å². The molecule has 0 aliphatic rings. The highest BCUT2D eigenvalue weighted by atomic mass is 16.1. The molecular formula is C11H12N6O. The molecule has 2 heterocycles. The monoisotopic (exact) mass is 244 g/mol. The van der Waals surface area contributed by atoms with Gasteiger partial charge in [0.25, 0.3) is 5.91 Å². The maximum atomic E-state index is 11.9. The highest BCUT2D eigenvalue weighted by Crippen LogP contribution is 2.08. The number of nitrogens with zero attached hydrogens (tertiary/aromatic N) is 4. The lowest BCUT2D eigenvalue weighted by Gasteiger charge is -2.05. The van der Waals surface area contributed by atoms with Gasteiger partial charge in [0.15, 0.2) is 0 Å². The van der Waals surface area contributed by atoms with Gasteiger partial charge in [0.1, 0.15) is 5.82 Å². The van der Waals surface area contributed by atoms with Crippen molar-refractivity contribution in [3.8, 4) is 0 Å². The van der Waals surface area contributed by atoms with Crippen LogP contribution in [0.1, 0.15) is 17.3 Å². The minimum absolute atomic E-state index is 0.171.